The normalized spacial score (nSPS) is 13.9. The number of hydrogen-bond donors (Lipinski definition) is 0. The van der Waals surface area contributed by atoms with Crippen LogP contribution in [-0.2, 0) is 20.1 Å². The van der Waals surface area contributed by atoms with Crippen LogP contribution in [0.4, 0.5) is 0 Å². The maximum Gasteiger partial charge on any atom is 0.332 e. The predicted octanol–water partition coefficient (Wildman–Crippen LogP) is 1.97. The van der Waals surface area contributed by atoms with Gasteiger partial charge in [-0.2, -0.15) is 0 Å². The molecule has 7 heteroatoms. The van der Waals surface area contributed by atoms with Gasteiger partial charge in [0.1, 0.15) is 0 Å². The highest BCUT2D eigenvalue weighted by Gasteiger charge is 2.23. The molecule has 0 saturated carbocycles. The van der Waals surface area contributed by atoms with E-state index in [1.54, 1.807) is 18.8 Å². The Labute approximate surface area is 133 Å². The molecule has 0 saturated heterocycles. The molecule has 0 fully saturated rings. The fourth-order valence-electron chi connectivity index (χ4n) is 2.97. The number of unbranched alkanes of at least 4 members (excludes halogenated alkanes) is 4. The minimum atomic E-state index is -0.255. The van der Waals surface area contributed by atoms with E-state index in [1.807, 2.05) is 4.57 Å². The zero-order chi connectivity index (χ0) is 15.7. The SMILES string of the molecule is CCCCCCCn1c(=O)c2c(nc3n2CCS3)n(C)c1=O. The predicted molar refractivity (Wildman–Crippen MR) is 88.7 cm³/mol. The molecule has 0 N–H and O–H groups in total. The third-order valence-corrected chi connectivity index (χ3v) is 5.19. The summed E-state index contributed by atoms with van der Waals surface area (Å²) in [7, 11) is 1.70. The van der Waals surface area contributed by atoms with Gasteiger partial charge in [0.25, 0.3) is 5.56 Å². The molecule has 22 heavy (non-hydrogen) atoms. The van der Waals surface area contributed by atoms with Crippen LogP contribution in [0.5, 0.6) is 0 Å². The van der Waals surface area contributed by atoms with Crippen molar-refractivity contribution in [3.8, 4) is 0 Å². The number of aryl methyl sites for hydroxylation is 2. The van der Waals surface area contributed by atoms with Crippen molar-refractivity contribution in [2.45, 2.75) is 57.3 Å². The Morgan fingerprint density at radius 2 is 1.95 bits per heavy atom. The molecule has 1 aliphatic rings. The lowest BCUT2D eigenvalue weighted by Gasteiger charge is -2.08. The summed E-state index contributed by atoms with van der Waals surface area (Å²) in [5.41, 5.74) is 0.652. The van der Waals surface area contributed by atoms with Gasteiger partial charge in [0.05, 0.1) is 0 Å². The van der Waals surface area contributed by atoms with Crippen molar-refractivity contribution in [1.82, 2.24) is 18.7 Å². The van der Waals surface area contributed by atoms with E-state index in [0.717, 1.165) is 36.7 Å². The topological polar surface area (TPSA) is 61.8 Å². The van der Waals surface area contributed by atoms with E-state index in [4.69, 9.17) is 0 Å². The number of hydrogen-bond acceptors (Lipinski definition) is 4. The molecule has 0 bridgehead atoms. The van der Waals surface area contributed by atoms with Gasteiger partial charge in [0.15, 0.2) is 16.3 Å². The number of imidazole rings is 1. The van der Waals surface area contributed by atoms with Gasteiger partial charge in [-0.25, -0.2) is 9.78 Å². The van der Waals surface area contributed by atoms with Gasteiger partial charge >= 0.3 is 5.69 Å². The van der Waals surface area contributed by atoms with Gasteiger partial charge in [-0.05, 0) is 6.42 Å². The molecule has 1 aliphatic heterocycles. The molecular weight excluding hydrogens is 300 g/mol. The lowest BCUT2D eigenvalue weighted by Crippen LogP contribution is -2.39. The van der Waals surface area contributed by atoms with E-state index in [2.05, 4.69) is 11.9 Å². The Kier molecular flexibility index (Phi) is 4.42. The fraction of sp³-hybridized carbons (Fsp3) is 0.667. The smallest absolute Gasteiger partial charge is 0.312 e. The second kappa shape index (κ2) is 6.32. The molecule has 120 valence electrons. The van der Waals surface area contributed by atoms with Crippen molar-refractivity contribution >= 4 is 22.9 Å². The fourth-order valence-corrected chi connectivity index (χ4v) is 3.91. The maximum absolute atomic E-state index is 12.7. The molecule has 6 nitrogen and oxygen atoms in total. The van der Waals surface area contributed by atoms with Crippen LogP contribution in [0.25, 0.3) is 11.2 Å². The molecule has 2 aromatic heterocycles. The summed E-state index contributed by atoms with van der Waals surface area (Å²) in [5.74, 6) is 0.942. The minimum absolute atomic E-state index is 0.185. The highest BCUT2D eigenvalue weighted by molar-refractivity contribution is 7.99. The average molecular weight is 322 g/mol. The zero-order valence-electron chi connectivity index (χ0n) is 13.2. The number of aromatic nitrogens is 4. The molecule has 2 aromatic rings. The minimum Gasteiger partial charge on any atom is -0.312 e. The Morgan fingerprint density at radius 3 is 2.73 bits per heavy atom. The van der Waals surface area contributed by atoms with Crippen molar-refractivity contribution in [3.63, 3.8) is 0 Å². The Hall–Kier alpha value is -1.50. The molecule has 0 spiro atoms. The molecule has 3 heterocycles. The van der Waals surface area contributed by atoms with E-state index >= 15 is 0 Å². The first-order chi connectivity index (χ1) is 10.6. The number of nitrogens with zero attached hydrogens (tertiary/aromatic N) is 4. The third-order valence-electron chi connectivity index (χ3n) is 4.23. The van der Waals surface area contributed by atoms with Gasteiger partial charge in [0.2, 0.25) is 0 Å². The van der Waals surface area contributed by atoms with Gasteiger partial charge in [-0.3, -0.25) is 13.9 Å². The Morgan fingerprint density at radius 1 is 1.18 bits per heavy atom. The van der Waals surface area contributed by atoms with Crippen molar-refractivity contribution in [2.24, 2.45) is 7.05 Å². The highest BCUT2D eigenvalue weighted by atomic mass is 32.2. The third kappa shape index (κ3) is 2.51. The molecule has 0 aliphatic carbocycles. The lowest BCUT2D eigenvalue weighted by molar-refractivity contribution is 0.531. The first kappa shape index (κ1) is 15.4. The first-order valence-electron chi connectivity index (χ1n) is 7.98. The largest absolute Gasteiger partial charge is 0.332 e. The van der Waals surface area contributed by atoms with Crippen LogP contribution in [0.3, 0.4) is 0 Å². The van der Waals surface area contributed by atoms with Crippen LogP contribution in [0.15, 0.2) is 14.7 Å². The van der Waals surface area contributed by atoms with E-state index in [-0.39, 0.29) is 11.2 Å². The molecule has 0 aromatic carbocycles. The Balaban J connectivity index is 1.96. The standard InChI is InChI=1S/C15H22N4O2S/c1-3-4-5-6-7-8-19-13(20)11-12(17(2)15(19)21)16-14-18(11)9-10-22-14/h3-10H2,1-2H3. The summed E-state index contributed by atoms with van der Waals surface area (Å²) in [6.07, 6.45) is 5.48. The van der Waals surface area contributed by atoms with Crippen LogP contribution >= 0.6 is 11.8 Å². The zero-order valence-corrected chi connectivity index (χ0v) is 14.0. The molecule has 0 unspecified atom stereocenters. The molecule has 3 rings (SSSR count). The van der Waals surface area contributed by atoms with Crippen LogP contribution in [-0.4, -0.2) is 24.4 Å². The summed E-state index contributed by atoms with van der Waals surface area (Å²) in [4.78, 5) is 29.6. The number of rotatable bonds is 6. The van der Waals surface area contributed by atoms with E-state index in [0.29, 0.717) is 17.7 Å². The molecule has 0 amide bonds. The van der Waals surface area contributed by atoms with Crippen LogP contribution in [0.1, 0.15) is 39.0 Å². The summed E-state index contributed by atoms with van der Waals surface area (Å²) in [5, 5.41) is 0.850. The Bertz CT molecular complexity index is 802. The lowest BCUT2D eigenvalue weighted by atomic mass is 10.1. The summed E-state index contributed by atoms with van der Waals surface area (Å²) in [6, 6.07) is 0. The maximum atomic E-state index is 12.7. The van der Waals surface area contributed by atoms with Gasteiger partial charge < -0.3 is 4.57 Å². The van der Waals surface area contributed by atoms with Gasteiger partial charge in [-0.1, -0.05) is 44.4 Å². The van der Waals surface area contributed by atoms with Crippen LogP contribution in [0.2, 0.25) is 0 Å². The quantitative estimate of drug-likeness (QED) is 0.763. The van der Waals surface area contributed by atoms with Crippen LogP contribution < -0.4 is 11.2 Å². The molecule has 0 radical (unpaired) electrons. The van der Waals surface area contributed by atoms with Gasteiger partial charge in [0, 0.05) is 25.9 Å². The van der Waals surface area contributed by atoms with E-state index < -0.39 is 0 Å². The second-order valence-corrected chi connectivity index (χ2v) is 6.84. The summed E-state index contributed by atoms with van der Waals surface area (Å²) in [6.45, 7) is 3.46. The summed E-state index contributed by atoms with van der Waals surface area (Å²) >= 11 is 1.64. The van der Waals surface area contributed by atoms with Gasteiger partial charge in [-0.15, -0.1) is 0 Å². The summed E-state index contributed by atoms with van der Waals surface area (Å²) < 4.78 is 4.84. The van der Waals surface area contributed by atoms with E-state index in [9.17, 15) is 9.59 Å². The molecular formula is C15H22N4O2S. The van der Waals surface area contributed by atoms with Crippen molar-refractivity contribution in [1.29, 1.82) is 0 Å². The van der Waals surface area contributed by atoms with Crippen LogP contribution in [0, 0.1) is 0 Å². The number of fused-ring (bicyclic) bond motifs is 3. The highest BCUT2D eigenvalue weighted by Crippen LogP contribution is 2.27. The van der Waals surface area contributed by atoms with E-state index in [1.165, 1.54) is 22.0 Å². The monoisotopic (exact) mass is 322 g/mol. The van der Waals surface area contributed by atoms with Crippen molar-refractivity contribution in [2.75, 3.05) is 5.75 Å². The number of thioether (sulfide) groups is 1. The average Bonchev–Trinajstić information content (AvgIpc) is 3.08. The second-order valence-electron chi connectivity index (χ2n) is 5.78. The molecule has 0 atom stereocenters. The van der Waals surface area contributed by atoms with Crippen molar-refractivity contribution < 1.29 is 0 Å². The van der Waals surface area contributed by atoms with Crippen molar-refractivity contribution in [3.05, 3.63) is 20.8 Å². The first-order valence-corrected chi connectivity index (χ1v) is 8.96.